The maximum atomic E-state index is 11.5. The average Bonchev–Trinajstić information content (AvgIpc) is 2.34. The Morgan fingerprint density at radius 2 is 2.31 bits per heavy atom. The highest BCUT2D eigenvalue weighted by Crippen LogP contribution is 2.15. The number of nitrogens with zero attached hydrogens (tertiary/aromatic N) is 1. The summed E-state index contributed by atoms with van der Waals surface area (Å²) in [6.07, 6.45) is 1.43. The van der Waals surface area contributed by atoms with E-state index in [1.807, 2.05) is 6.07 Å². The quantitative estimate of drug-likeness (QED) is 0.597. The summed E-state index contributed by atoms with van der Waals surface area (Å²) in [7, 11) is 1.34. The van der Waals surface area contributed by atoms with Gasteiger partial charge in [0.15, 0.2) is 0 Å². The van der Waals surface area contributed by atoms with Crippen molar-refractivity contribution in [1.82, 2.24) is 0 Å². The molecule has 16 heavy (non-hydrogen) atoms. The number of alkyl halides is 1. The fourth-order valence-corrected chi connectivity index (χ4v) is 1.57. The number of hydrogen-bond donors (Lipinski definition) is 0. The number of benzene rings is 1. The van der Waals surface area contributed by atoms with Crippen LogP contribution in [-0.2, 0) is 11.2 Å². The minimum absolute atomic E-state index is 0.380. The maximum Gasteiger partial charge on any atom is 0.338 e. The SMILES string of the molecule is COC(=O)c1ccc(C#N)cc1CCCCl. The number of methoxy groups -OCH3 is 1. The molecule has 0 aliphatic rings. The Kier molecular flexibility index (Phi) is 4.81. The van der Waals surface area contributed by atoms with Crippen molar-refractivity contribution < 1.29 is 9.53 Å². The van der Waals surface area contributed by atoms with Crippen LogP contribution in [0.1, 0.15) is 27.9 Å². The van der Waals surface area contributed by atoms with Gasteiger partial charge in [-0.25, -0.2) is 4.79 Å². The first-order valence-electron chi connectivity index (χ1n) is 4.90. The Labute approximate surface area is 99.6 Å². The molecule has 4 heteroatoms. The molecular weight excluding hydrogens is 226 g/mol. The number of ether oxygens (including phenoxy) is 1. The summed E-state index contributed by atoms with van der Waals surface area (Å²) in [6, 6.07) is 6.98. The van der Waals surface area contributed by atoms with Gasteiger partial charge in [-0.1, -0.05) is 0 Å². The van der Waals surface area contributed by atoms with E-state index in [2.05, 4.69) is 4.74 Å². The molecule has 0 aliphatic heterocycles. The van der Waals surface area contributed by atoms with Crippen LogP contribution in [0.4, 0.5) is 0 Å². The Balaban J connectivity index is 3.07. The zero-order valence-corrected chi connectivity index (χ0v) is 9.75. The lowest BCUT2D eigenvalue weighted by molar-refractivity contribution is 0.0599. The largest absolute Gasteiger partial charge is 0.465 e. The summed E-state index contributed by atoms with van der Waals surface area (Å²) in [5, 5.41) is 8.78. The van der Waals surface area contributed by atoms with E-state index in [-0.39, 0.29) is 5.97 Å². The van der Waals surface area contributed by atoms with Crippen molar-refractivity contribution in [2.45, 2.75) is 12.8 Å². The summed E-state index contributed by atoms with van der Waals surface area (Å²) in [6.45, 7) is 0. The molecule has 0 radical (unpaired) electrons. The van der Waals surface area contributed by atoms with E-state index in [1.165, 1.54) is 7.11 Å². The Morgan fingerprint density at radius 3 is 2.88 bits per heavy atom. The van der Waals surface area contributed by atoms with Crippen LogP contribution in [-0.4, -0.2) is 19.0 Å². The summed E-state index contributed by atoms with van der Waals surface area (Å²) < 4.78 is 4.68. The Bertz CT molecular complexity index is 424. The van der Waals surface area contributed by atoms with E-state index in [0.717, 1.165) is 12.0 Å². The van der Waals surface area contributed by atoms with Crippen molar-refractivity contribution >= 4 is 17.6 Å². The van der Waals surface area contributed by atoms with Gasteiger partial charge in [-0.2, -0.15) is 5.26 Å². The van der Waals surface area contributed by atoms with Crippen LogP contribution < -0.4 is 0 Å². The maximum absolute atomic E-state index is 11.5. The van der Waals surface area contributed by atoms with Crippen LogP contribution >= 0.6 is 11.6 Å². The van der Waals surface area contributed by atoms with E-state index >= 15 is 0 Å². The standard InChI is InChI=1S/C12H12ClNO2/c1-16-12(15)11-5-4-9(8-14)7-10(11)3-2-6-13/h4-5,7H,2-3,6H2,1H3. The molecule has 1 rings (SSSR count). The topological polar surface area (TPSA) is 50.1 Å². The fourth-order valence-electron chi connectivity index (χ4n) is 1.44. The van der Waals surface area contributed by atoms with Gasteiger partial charge >= 0.3 is 5.97 Å². The molecule has 0 spiro atoms. The van der Waals surface area contributed by atoms with E-state index in [4.69, 9.17) is 16.9 Å². The van der Waals surface area contributed by atoms with Crippen molar-refractivity contribution in [3.63, 3.8) is 0 Å². The van der Waals surface area contributed by atoms with Crippen LogP contribution in [0.5, 0.6) is 0 Å². The number of halogens is 1. The predicted molar refractivity (Wildman–Crippen MR) is 61.5 cm³/mol. The monoisotopic (exact) mass is 237 g/mol. The summed E-state index contributed by atoms with van der Waals surface area (Å²) in [5.41, 5.74) is 1.86. The molecule has 84 valence electrons. The number of esters is 1. The molecule has 1 aromatic carbocycles. The molecule has 0 aliphatic carbocycles. The van der Waals surface area contributed by atoms with Crippen LogP contribution in [0.3, 0.4) is 0 Å². The number of carbonyl (C=O) groups is 1. The predicted octanol–water partition coefficient (Wildman–Crippen LogP) is 2.52. The second kappa shape index (κ2) is 6.14. The van der Waals surface area contributed by atoms with Gasteiger partial charge in [0.05, 0.1) is 24.3 Å². The molecule has 1 aromatic rings. The smallest absolute Gasteiger partial charge is 0.338 e. The number of hydrogen-bond acceptors (Lipinski definition) is 3. The lowest BCUT2D eigenvalue weighted by Crippen LogP contribution is -2.06. The third-order valence-electron chi connectivity index (χ3n) is 2.22. The Morgan fingerprint density at radius 1 is 1.56 bits per heavy atom. The minimum atomic E-state index is -0.380. The second-order valence-corrected chi connectivity index (χ2v) is 3.65. The molecule has 0 heterocycles. The highest BCUT2D eigenvalue weighted by Gasteiger charge is 2.11. The number of aryl methyl sites for hydroxylation is 1. The van der Waals surface area contributed by atoms with Gasteiger partial charge in [0, 0.05) is 5.88 Å². The van der Waals surface area contributed by atoms with E-state index in [9.17, 15) is 4.79 Å². The van der Waals surface area contributed by atoms with Crippen molar-refractivity contribution in [2.75, 3.05) is 13.0 Å². The first kappa shape index (κ1) is 12.5. The molecule has 0 amide bonds. The van der Waals surface area contributed by atoms with Crippen LogP contribution in [0.25, 0.3) is 0 Å². The van der Waals surface area contributed by atoms with Crippen LogP contribution in [0.15, 0.2) is 18.2 Å². The van der Waals surface area contributed by atoms with Crippen molar-refractivity contribution in [3.05, 3.63) is 34.9 Å². The summed E-state index contributed by atoms with van der Waals surface area (Å²) in [4.78, 5) is 11.5. The van der Waals surface area contributed by atoms with Crippen molar-refractivity contribution in [3.8, 4) is 6.07 Å². The highest BCUT2D eigenvalue weighted by atomic mass is 35.5. The first-order valence-corrected chi connectivity index (χ1v) is 5.43. The van der Waals surface area contributed by atoms with Gasteiger partial charge in [0.2, 0.25) is 0 Å². The third kappa shape index (κ3) is 2.98. The van der Waals surface area contributed by atoms with Gasteiger partial charge in [-0.3, -0.25) is 0 Å². The second-order valence-electron chi connectivity index (χ2n) is 3.27. The zero-order valence-electron chi connectivity index (χ0n) is 9.00. The fraction of sp³-hybridized carbons (Fsp3) is 0.333. The molecule has 0 saturated heterocycles. The van der Waals surface area contributed by atoms with Crippen LogP contribution in [0, 0.1) is 11.3 Å². The molecule has 0 atom stereocenters. The minimum Gasteiger partial charge on any atom is -0.465 e. The molecule has 3 nitrogen and oxygen atoms in total. The number of nitriles is 1. The van der Waals surface area contributed by atoms with Gasteiger partial charge < -0.3 is 4.74 Å². The molecule has 0 unspecified atom stereocenters. The lowest BCUT2D eigenvalue weighted by Gasteiger charge is -2.07. The molecule has 0 bridgehead atoms. The van der Waals surface area contributed by atoms with Gasteiger partial charge in [0.25, 0.3) is 0 Å². The van der Waals surface area contributed by atoms with Crippen LogP contribution in [0.2, 0.25) is 0 Å². The van der Waals surface area contributed by atoms with Crippen molar-refractivity contribution in [2.24, 2.45) is 0 Å². The lowest BCUT2D eigenvalue weighted by atomic mass is 10.0. The third-order valence-corrected chi connectivity index (χ3v) is 2.49. The Hall–Kier alpha value is -1.53. The normalized spacial score (nSPS) is 9.56. The average molecular weight is 238 g/mol. The molecule has 0 N–H and O–H groups in total. The molecule has 0 saturated carbocycles. The molecular formula is C12H12ClNO2. The van der Waals surface area contributed by atoms with Crippen molar-refractivity contribution in [1.29, 1.82) is 5.26 Å². The first-order chi connectivity index (χ1) is 7.72. The highest BCUT2D eigenvalue weighted by molar-refractivity contribution is 6.17. The summed E-state index contributed by atoms with van der Waals surface area (Å²) in [5.74, 6) is 0.145. The van der Waals surface area contributed by atoms with Gasteiger partial charge in [-0.05, 0) is 36.6 Å². The molecule has 0 fully saturated rings. The van der Waals surface area contributed by atoms with Gasteiger partial charge in [-0.15, -0.1) is 11.6 Å². The zero-order chi connectivity index (χ0) is 12.0. The summed E-state index contributed by atoms with van der Waals surface area (Å²) >= 11 is 5.61. The number of rotatable bonds is 4. The van der Waals surface area contributed by atoms with E-state index in [1.54, 1.807) is 18.2 Å². The van der Waals surface area contributed by atoms with E-state index in [0.29, 0.717) is 23.4 Å². The van der Waals surface area contributed by atoms with E-state index < -0.39 is 0 Å². The van der Waals surface area contributed by atoms with Gasteiger partial charge in [0.1, 0.15) is 0 Å². The number of carbonyl (C=O) groups excluding carboxylic acids is 1. The molecule has 0 aromatic heterocycles.